The van der Waals surface area contributed by atoms with E-state index in [-0.39, 0.29) is 28.2 Å². The van der Waals surface area contributed by atoms with E-state index in [2.05, 4.69) is 25.7 Å². The molecule has 2 heteroatoms. The second kappa shape index (κ2) is 4.35. The van der Waals surface area contributed by atoms with E-state index in [0.717, 1.165) is 0 Å². The fourth-order valence-corrected chi connectivity index (χ4v) is 2.24. The number of allylic oxidation sites excluding steroid dienone is 3. The maximum Gasteiger partial charge on any atom is -0.870 e. The number of rotatable bonds is 0. The SMILES string of the molecule is C1=C[CH]=[Bi][CH]=C1.[OH-]. The normalized spacial score (nSPS) is 13.7. The molecule has 0 saturated carbocycles. The van der Waals surface area contributed by atoms with E-state index in [9.17, 15) is 0 Å². The Morgan fingerprint density at radius 2 is 1.86 bits per heavy atom. The molecular formula is C5H6BiO-. The molecule has 0 radical (unpaired) electrons. The molecule has 1 nitrogen and oxygen atoms in total. The van der Waals surface area contributed by atoms with Crippen LogP contribution in [0.1, 0.15) is 0 Å². The van der Waals surface area contributed by atoms with Crippen molar-refractivity contribution in [1.29, 1.82) is 0 Å². The molecule has 0 aromatic heterocycles. The van der Waals surface area contributed by atoms with Crippen LogP contribution in [0, 0.1) is 0 Å². The average Bonchev–Trinajstić information content (AvgIpc) is 1.72. The summed E-state index contributed by atoms with van der Waals surface area (Å²) in [7, 11) is 0. The van der Waals surface area contributed by atoms with Gasteiger partial charge in [-0.1, -0.05) is 0 Å². The monoisotopic (exact) mass is 291 g/mol. The molecule has 1 aliphatic rings. The van der Waals surface area contributed by atoms with Crippen LogP contribution in [0.15, 0.2) is 22.0 Å². The zero-order valence-corrected chi connectivity index (χ0v) is 7.26. The molecule has 1 heterocycles. The quantitative estimate of drug-likeness (QED) is 0.594. The fraction of sp³-hybridized carbons (Fsp3) is 0. The van der Waals surface area contributed by atoms with Crippen LogP contribution in [0.25, 0.3) is 0 Å². The molecule has 1 rings (SSSR count). The Morgan fingerprint density at radius 3 is 2.00 bits per heavy atom. The second-order valence-corrected chi connectivity index (χ2v) is 4.50. The van der Waals surface area contributed by atoms with Crippen molar-refractivity contribution in [2.24, 2.45) is 0 Å². The summed E-state index contributed by atoms with van der Waals surface area (Å²) in [6.45, 7) is 0. The summed E-state index contributed by atoms with van der Waals surface area (Å²) >= 11 is -0.181. The number of hydrogen-bond acceptors (Lipinski definition) is 1. The predicted molar refractivity (Wildman–Crippen MR) is 32.0 cm³/mol. The molecular weight excluding hydrogens is 285 g/mol. The summed E-state index contributed by atoms with van der Waals surface area (Å²) in [4.78, 5) is 0. The third kappa shape index (κ3) is 2.84. The molecule has 0 atom stereocenters. The van der Waals surface area contributed by atoms with Crippen LogP contribution in [-0.2, 0) is 0 Å². The molecule has 0 aromatic rings. The fourth-order valence-electron chi connectivity index (χ4n) is 0.313. The molecule has 0 unspecified atom stereocenters. The van der Waals surface area contributed by atoms with E-state index in [1.165, 1.54) is 0 Å². The number of hydrogen-bond donors (Lipinski definition) is 0. The Morgan fingerprint density at radius 1 is 1.00 bits per heavy atom. The summed E-state index contributed by atoms with van der Waals surface area (Å²) in [5.74, 6) is 0. The molecule has 0 aromatic carbocycles. The minimum atomic E-state index is -0.181. The second-order valence-electron chi connectivity index (χ2n) is 1.02. The van der Waals surface area contributed by atoms with Gasteiger partial charge in [0.05, 0.1) is 0 Å². The first-order valence-corrected chi connectivity index (χ1v) is 5.86. The van der Waals surface area contributed by atoms with Crippen LogP contribution in [0.5, 0.6) is 0 Å². The average molecular weight is 291 g/mol. The molecule has 38 valence electrons. The van der Waals surface area contributed by atoms with Crippen LogP contribution in [0.2, 0.25) is 0 Å². The topological polar surface area (TPSA) is 30.0 Å². The molecule has 0 aliphatic carbocycles. The Kier molecular flexibility index (Phi) is 4.47. The van der Waals surface area contributed by atoms with Gasteiger partial charge in [-0.05, 0) is 0 Å². The molecule has 7 heavy (non-hydrogen) atoms. The van der Waals surface area contributed by atoms with Crippen molar-refractivity contribution in [3.05, 3.63) is 22.0 Å². The molecule has 1 N–H and O–H groups in total. The molecule has 0 amide bonds. The first-order chi connectivity index (χ1) is 3.00. The van der Waals surface area contributed by atoms with Crippen molar-refractivity contribution in [3.8, 4) is 0 Å². The smallest absolute Gasteiger partial charge is 0.870 e. The molecule has 0 spiro atoms. The third-order valence-corrected chi connectivity index (χ3v) is 3.24. The van der Waals surface area contributed by atoms with Gasteiger partial charge in [-0.2, -0.15) is 0 Å². The standard InChI is InChI=1S/C5H5.Bi.H2O/c1-3-5-4-2;;/h1-5H;;1H2/p-1. The van der Waals surface area contributed by atoms with Gasteiger partial charge in [0.25, 0.3) is 0 Å². The molecule has 0 fully saturated rings. The molecule has 0 bridgehead atoms. The van der Waals surface area contributed by atoms with Gasteiger partial charge in [-0.3, -0.25) is 0 Å². The van der Waals surface area contributed by atoms with E-state index in [1.54, 1.807) is 0 Å². The van der Waals surface area contributed by atoms with Gasteiger partial charge in [0.2, 0.25) is 0 Å². The first-order valence-electron chi connectivity index (χ1n) is 1.85. The summed E-state index contributed by atoms with van der Waals surface area (Å²) in [6, 6.07) is 0. The van der Waals surface area contributed by atoms with Gasteiger partial charge in [0.15, 0.2) is 0 Å². The van der Waals surface area contributed by atoms with Gasteiger partial charge in [0, 0.05) is 0 Å². The van der Waals surface area contributed by atoms with Gasteiger partial charge in [-0.25, -0.2) is 0 Å². The van der Waals surface area contributed by atoms with Crippen molar-refractivity contribution in [3.63, 3.8) is 0 Å². The minimum Gasteiger partial charge on any atom is -0.870 e. The maximum atomic E-state index is 2.31. The summed E-state index contributed by atoms with van der Waals surface area (Å²) in [6.07, 6.45) is 6.35. The van der Waals surface area contributed by atoms with Crippen molar-refractivity contribution in [2.45, 2.75) is 0 Å². The molecule has 0 saturated heterocycles. The Balaban J connectivity index is 0.000000360. The van der Waals surface area contributed by atoms with Crippen molar-refractivity contribution in [1.82, 2.24) is 0 Å². The van der Waals surface area contributed by atoms with E-state index in [1.807, 2.05) is 0 Å². The van der Waals surface area contributed by atoms with E-state index < -0.39 is 0 Å². The Bertz CT molecular complexity index is 77.5. The van der Waals surface area contributed by atoms with Crippen molar-refractivity contribution < 1.29 is 5.48 Å². The first kappa shape index (κ1) is 7.19. The van der Waals surface area contributed by atoms with Crippen molar-refractivity contribution >= 4 is 26.5 Å². The van der Waals surface area contributed by atoms with E-state index >= 15 is 0 Å². The van der Waals surface area contributed by atoms with Crippen LogP contribution in [0.3, 0.4) is 0 Å². The zero-order chi connectivity index (χ0) is 4.24. The Labute approximate surface area is 54.1 Å². The molecule has 1 aliphatic heterocycles. The van der Waals surface area contributed by atoms with Gasteiger partial charge < -0.3 is 5.48 Å². The summed E-state index contributed by atoms with van der Waals surface area (Å²) in [5, 5.41) is 0. The third-order valence-electron chi connectivity index (χ3n) is 0.566. The predicted octanol–water partition coefficient (Wildman–Crippen LogP) is 0.399. The van der Waals surface area contributed by atoms with E-state index in [0.29, 0.717) is 0 Å². The van der Waals surface area contributed by atoms with Crippen LogP contribution < -0.4 is 0 Å². The summed E-state index contributed by atoms with van der Waals surface area (Å²) < 4.78 is 4.61. The van der Waals surface area contributed by atoms with Gasteiger partial charge >= 0.3 is 48.5 Å². The van der Waals surface area contributed by atoms with Gasteiger partial charge in [0.1, 0.15) is 0 Å². The van der Waals surface area contributed by atoms with Crippen LogP contribution >= 0.6 is 0 Å². The van der Waals surface area contributed by atoms with E-state index in [4.69, 9.17) is 0 Å². The summed E-state index contributed by atoms with van der Waals surface area (Å²) in [5.41, 5.74) is 0. The minimum absolute atomic E-state index is 0. The van der Waals surface area contributed by atoms with Gasteiger partial charge in [-0.15, -0.1) is 0 Å². The largest absolute Gasteiger partial charge is 0.870 e. The zero-order valence-electron chi connectivity index (χ0n) is 3.78. The maximum absolute atomic E-state index is 2.31. The van der Waals surface area contributed by atoms with Crippen LogP contribution in [-0.4, -0.2) is 31.9 Å². The Hall–Kier alpha value is 0.193. The van der Waals surface area contributed by atoms with Crippen molar-refractivity contribution in [2.75, 3.05) is 0 Å². The van der Waals surface area contributed by atoms with Crippen LogP contribution in [0.4, 0.5) is 0 Å².